The van der Waals surface area contributed by atoms with Gasteiger partial charge >= 0.3 is 5.97 Å². The van der Waals surface area contributed by atoms with Gasteiger partial charge in [-0.2, -0.15) is 5.10 Å². The average molecular weight is 704 g/mol. The van der Waals surface area contributed by atoms with E-state index in [2.05, 4.69) is 25.7 Å². The van der Waals surface area contributed by atoms with E-state index in [1.54, 1.807) is 32.2 Å². The first kappa shape index (κ1) is 34.2. The maximum Gasteiger partial charge on any atom is 0.338 e. The summed E-state index contributed by atoms with van der Waals surface area (Å²) in [6.07, 6.45) is 1.63. The van der Waals surface area contributed by atoms with Crippen molar-refractivity contribution in [2.45, 2.75) is 19.9 Å². The number of carbonyl (C=O) groups excluding carboxylic acids is 2. The molecule has 9 nitrogen and oxygen atoms in total. The average Bonchev–Trinajstić information content (AvgIpc) is 3.51. The van der Waals surface area contributed by atoms with Gasteiger partial charge in [-0.05, 0) is 73.6 Å². The Kier molecular flexibility index (Phi) is 10.7. The molecule has 1 atom stereocenters. The predicted octanol–water partition coefficient (Wildman–Crippen LogP) is 7.35. The van der Waals surface area contributed by atoms with Crippen LogP contribution in [0.2, 0.25) is 5.02 Å². The lowest BCUT2D eigenvalue weighted by atomic mass is 9.95. The van der Waals surface area contributed by atoms with E-state index < -0.39 is 17.9 Å². The Hall–Kier alpha value is -5.71. The molecule has 0 unspecified atom stereocenters. The minimum absolute atomic E-state index is 0.220. The van der Waals surface area contributed by atoms with Crippen molar-refractivity contribution >= 4 is 47.0 Å². The molecule has 0 spiro atoms. The number of hydrogen-bond acceptors (Lipinski definition) is 6. The summed E-state index contributed by atoms with van der Waals surface area (Å²) in [5.41, 5.74) is 9.70. The smallest absolute Gasteiger partial charge is 0.338 e. The molecular formula is C39H34ClN5O4S. The number of halogens is 1. The van der Waals surface area contributed by atoms with E-state index in [4.69, 9.17) is 33.3 Å². The summed E-state index contributed by atoms with van der Waals surface area (Å²) >= 11 is 11.6. The van der Waals surface area contributed by atoms with Crippen molar-refractivity contribution in [3.63, 3.8) is 0 Å². The molecule has 0 aliphatic carbocycles. The Labute approximate surface area is 300 Å². The zero-order valence-electron chi connectivity index (χ0n) is 27.4. The molecule has 1 aromatic heterocycles. The van der Waals surface area contributed by atoms with Crippen molar-refractivity contribution in [3.05, 3.63) is 143 Å². The maximum atomic E-state index is 13.1. The molecule has 0 bridgehead atoms. The number of para-hydroxylation sites is 1. The molecule has 5 aromatic rings. The highest BCUT2D eigenvalue weighted by atomic mass is 35.5. The van der Waals surface area contributed by atoms with Gasteiger partial charge in [0.05, 0.1) is 35.8 Å². The topological polar surface area (TPSA) is 106 Å². The molecular weight excluding hydrogens is 670 g/mol. The number of hydrazone groups is 1. The highest BCUT2D eigenvalue weighted by Gasteiger charge is 2.32. The van der Waals surface area contributed by atoms with Gasteiger partial charge in [-0.3, -0.25) is 4.79 Å². The van der Waals surface area contributed by atoms with E-state index in [1.165, 1.54) is 0 Å². The minimum atomic E-state index is -0.639. The maximum absolute atomic E-state index is 13.1. The molecule has 0 saturated heterocycles. The SMILES string of the molecule is CCOC(=O)C1=C(C)NC(=S)N[C@@H]1c1ccccc1OCC(=O)NN=Cc1cc(-c2ccccc2)n(-c2ccc(Cl)cc2)c1-c1ccccc1. The quantitative estimate of drug-likeness (QED) is 0.0572. The van der Waals surface area contributed by atoms with E-state index in [0.29, 0.717) is 32.7 Å². The van der Waals surface area contributed by atoms with Gasteiger partial charge in [-0.15, -0.1) is 0 Å². The number of amides is 1. The first-order valence-corrected chi connectivity index (χ1v) is 16.7. The Bertz CT molecular complexity index is 2080. The molecule has 1 aliphatic rings. The first-order valence-electron chi connectivity index (χ1n) is 16.0. The summed E-state index contributed by atoms with van der Waals surface area (Å²) in [7, 11) is 0. The van der Waals surface area contributed by atoms with Crippen LogP contribution in [0.5, 0.6) is 5.75 Å². The van der Waals surface area contributed by atoms with Gasteiger partial charge in [0.1, 0.15) is 5.75 Å². The van der Waals surface area contributed by atoms with Crippen LogP contribution in [-0.4, -0.2) is 41.0 Å². The number of nitrogens with zero attached hydrogens (tertiary/aromatic N) is 2. The van der Waals surface area contributed by atoms with Gasteiger partial charge in [0.15, 0.2) is 11.7 Å². The van der Waals surface area contributed by atoms with Crippen LogP contribution >= 0.6 is 23.8 Å². The van der Waals surface area contributed by atoms with Crippen molar-refractivity contribution in [1.29, 1.82) is 0 Å². The Balaban J connectivity index is 1.26. The van der Waals surface area contributed by atoms with Crippen molar-refractivity contribution < 1.29 is 19.1 Å². The molecule has 50 heavy (non-hydrogen) atoms. The third-order valence-corrected chi connectivity index (χ3v) is 8.45. The lowest BCUT2D eigenvalue weighted by Gasteiger charge is -2.30. The third kappa shape index (κ3) is 7.62. The Morgan fingerprint density at radius 2 is 1.60 bits per heavy atom. The van der Waals surface area contributed by atoms with Gasteiger partial charge in [0.2, 0.25) is 0 Å². The van der Waals surface area contributed by atoms with Crippen LogP contribution in [0, 0.1) is 0 Å². The molecule has 252 valence electrons. The lowest BCUT2D eigenvalue weighted by molar-refractivity contribution is -0.139. The summed E-state index contributed by atoms with van der Waals surface area (Å²) in [6, 6.07) is 36.3. The molecule has 4 aromatic carbocycles. The molecule has 3 N–H and O–H groups in total. The fourth-order valence-electron chi connectivity index (χ4n) is 5.81. The Morgan fingerprint density at radius 1 is 0.940 bits per heavy atom. The fraction of sp³-hybridized carbons (Fsp3) is 0.128. The fourth-order valence-corrected chi connectivity index (χ4v) is 6.20. The second-order valence-corrected chi connectivity index (χ2v) is 12.1. The second-order valence-electron chi connectivity index (χ2n) is 11.3. The second kappa shape index (κ2) is 15.7. The van der Waals surface area contributed by atoms with Crippen molar-refractivity contribution in [2.24, 2.45) is 5.10 Å². The van der Waals surface area contributed by atoms with Crippen molar-refractivity contribution in [2.75, 3.05) is 13.2 Å². The number of carbonyl (C=O) groups is 2. The number of allylic oxidation sites excluding steroid dienone is 1. The molecule has 1 aliphatic heterocycles. The van der Waals surface area contributed by atoms with Crippen LogP contribution in [0.3, 0.4) is 0 Å². The number of aromatic nitrogens is 1. The predicted molar refractivity (Wildman–Crippen MR) is 200 cm³/mol. The normalized spacial score (nSPS) is 14.2. The molecule has 6 rings (SSSR count). The van der Waals surface area contributed by atoms with E-state index in [-0.39, 0.29) is 13.2 Å². The number of esters is 1. The van der Waals surface area contributed by atoms with Gasteiger partial charge in [0, 0.05) is 27.5 Å². The third-order valence-electron chi connectivity index (χ3n) is 7.98. The van der Waals surface area contributed by atoms with Gasteiger partial charge in [-0.1, -0.05) is 90.5 Å². The highest BCUT2D eigenvalue weighted by Crippen LogP contribution is 2.36. The van der Waals surface area contributed by atoms with Crippen LogP contribution < -0.4 is 20.8 Å². The van der Waals surface area contributed by atoms with Crippen LogP contribution in [-0.2, 0) is 14.3 Å². The largest absolute Gasteiger partial charge is 0.483 e. The molecule has 2 heterocycles. The first-order chi connectivity index (χ1) is 24.3. The molecule has 1 amide bonds. The van der Waals surface area contributed by atoms with E-state index in [0.717, 1.165) is 33.8 Å². The number of rotatable bonds is 11. The number of thiocarbonyl (C=S) groups is 1. The van der Waals surface area contributed by atoms with E-state index >= 15 is 0 Å². The van der Waals surface area contributed by atoms with Crippen molar-refractivity contribution in [3.8, 4) is 34.0 Å². The summed E-state index contributed by atoms with van der Waals surface area (Å²) in [6.45, 7) is 3.40. The Morgan fingerprint density at radius 3 is 2.30 bits per heavy atom. The van der Waals surface area contributed by atoms with Crippen LogP contribution in [0.15, 0.2) is 132 Å². The van der Waals surface area contributed by atoms with E-state index in [1.807, 2.05) is 103 Å². The molecule has 0 fully saturated rings. The number of nitrogens with one attached hydrogen (secondary N) is 3. The summed E-state index contributed by atoms with van der Waals surface area (Å²) in [5, 5.41) is 11.5. The molecule has 11 heteroatoms. The monoisotopic (exact) mass is 703 g/mol. The van der Waals surface area contributed by atoms with Crippen LogP contribution in [0.25, 0.3) is 28.2 Å². The lowest BCUT2D eigenvalue weighted by Crippen LogP contribution is -2.45. The zero-order valence-corrected chi connectivity index (χ0v) is 28.9. The van der Waals surface area contributed by atoms with Gasteiger partial charge in [0.25, 0.3) is 5.91 Å². The van der Waals surface area contributed by atoms with Gasteiger partial charge < -0.3 is 24.7 Å². The molecule has 0 saturated carbocycles. The minimum Gasteiger partial charge on any atom is -0.483 e. The number of benzene rings is 4. The standard InChI is InChI=1S/C39H34ClN5O4S/c1-3-48-38(47)35-25(2)42-39(50)43-36(35)31-16-10-11-17-33(31)49-24-34(46)44-41-23-28-22-32(26-12-6-4-7-13-26)45(30-20-18-29(40)19-21-30)37(28)27-14-8-5-9-15-27/h4-23,36H,3,24H2,1-2H3,(H,44,46)(H2,42,43,50)/t36-/m1/s1. The number of hydrogen-bond donors (Lipinski definition) is 3. The summed E-state index contributed by atoms with van der Waals surface area (Å²) in [5.74, 6) is -0.541. The number of ether oxygens (including phenoxy) is 2. The van der Waals surface area contributed by atoms with E-state index in [9.17, 15) is 9.59 Å². The molecule has 0 radical (unpaired) electrons. The van der Waals surface area contributed by atoms with Crippen LogP contribution in [0.1, 0.15) is 31.0 Å². The van der Waals surface area contributed by atoms with Crippen LogP contribution in [0.4, 0.5) is 0 Å². The summed E-state index contributed by atoms with van der Waals surface area (Å²) in [4.78, 5) is 26.0. The van der Waals surface area contributed by atoms with Gasteiger partial charge in [-0.25, -0.2) is 10.2 Å². The zero-order chi connectivity index (χ0) is 35.0. The highest BCUT2D eigenvalue weighted by molar-refractivity contribution is 7.80. The van der Waals surface area contributed by atoms with Crippen molar-refractivity contribution in [1.82, 2.24) is 20.6 Å². The summed E-state index contributed by atoms with van der Waals surface area (Å²) < 4.78 is 13.4.